The SMILES string of the molecule is COc1ccc(CN2CCN(C)CC2)cc1NC(=O)c1ccnn1C. The maximum absolute atomic E-state index is 12.5. The molecule has 0 radical (unpaired) electrons. The van der Waals surface area contributed by atoms with Crippen LogP contribution in [-0.4, -0.2) is 65.8 Å². The highest BCUT2D eigenvalue weighted by Gasteiger charge is 2.16. The summed E-state index contributed by atoms with van der Waals surface area (Å²) in [6.07, 6.45) is 1.61. The first-order valence-corrected chi connectivity index (χ1v) is 8.44. The Kier molecular flexibility index (Phi) is 5.35. The normalized spacial score (nSPS) is 16.0. The predicted molar refractivity (Wildman–Crippen MR) is 96.9 cm³/mol. The van der Waals surface area contributed by atoms with Gasteiger partial charge < -0.3 is 15.0 Å². The van der Waals surface area contributed by atoms with E-state index in [2.05, 4.69) is 33.3 Å². The number of aromatic nitrogens is 2. The summed E-state index contributed by atoms with van der Waals surface area (Å²) in [5, 5.41) is 6.97. The summed E-state index contributed by atoms with van der Waals surface area (Å²) in [7, 11) is 5.50. The van der Waals surface area contributed by atoms with Crippen molar-refractivity contribution in [3.8, 4) is 5.75 Å². The second-order valence-corrected chi connectivity index (χ2v) is 6.41. The Balaban J connectivity index is 1.73. The van der Waals surface area contributed by atoms with E-state index < -0.39 is 0 Å². The summed E-state index contributed by atoms with van der Waals surface area (Å²) in [6, 6.07) is 7.64. The number of carbonyl (C=O) groups is 1. The molecule has 2 heterocycles. The Morgan fingerprint density at radius 3 is 2.60 bits per heavy atom. The zero-order valence-electron chi connectivity index (χ0n) is 15.0. The van der Waals surface area contributed by atoms with E-state index in [1.54, 1.807) is 31.1 Å². The molecule has 1 amide bonds. The largest absolute Gasteiger partial charge is 0.495 e. The Bertz CT molecular complexity index is 735. The lowest BCUT2D eigenvalue weighted by atomic mass is 10.1. The van der Waals surface area contributed by atoms with Crippen molar-refractivity contribution in [1.82, 2.24) is 19.6 Å². The fourth-order valence-corrected chi connectivity index (χ4v) is 3.00. The van der Waals surface area contributed by atoms with Gasteiger partial charge in [-0.1, -0.05) is 6.07 Å². The molecular formula is C18H25N5O2. The van der Waals surface area contributed by atoms with E-state index in [0.29, 0.717) is 17.1 Å². The Labute approximate surface area is 148 Å². The molecule has 0 aliphatic carbocycles. The number of hydrogen-bond acceptors (Lipinski definition) is 5. The van der Waals surface area contributed by atoms with Crippen LogP contribution in [0.15, 0.2) is 30.5 Å². The molecule has 7 nitrogen and oxygen atoms in total. The fraction of sp³-hybridized carbons (Fsp3) is 0.444. The van der Waals surface area contributed by atoms with Gasteiger partial charge in [0.05, 0.1) is 12.8 Å². The Hall–Kier alpha value is -2.38. The van der Waals surface area contributed by atoms with Gasteiger partial charge >= 0.3 is 0 Å². The lowest BCUT2D eigenvalue weighted by molar-refractivity contribution is 0.101. The van der Waals surface area contributed by atoms with E-state index in [1.807, 2.05) is 12.1 Å². The van der Waals surface area contributed by atoms with Gasteiger partial charge in [-0.15, -0.1) is 0 Å². The van der Waals surface area contributed by atoms with E-state index in [0.717, 1.165) is 38.3 Å². The predicted octanol–water partition coefficient (Wildman–Crippen LogP) is 1.43. The minimum absolute atomic E-state index is 0.199. The monoisotopic (exact) mass is 343 g/mol. The summed E-state index contributed by atoms with van der Waals surface area (Å²) >= 11 is 0. The highest BCUT2D eigenvalue weighted by molar-refractivity contribution is 6.03. The molecule has 25 heavy (non-hydrogen) atoms. The molecule has 2 aromatic rings. The molecule has 1 saturated heterocycles. The Morgan fingerprint density at radius 1 is 1.20 bits per heavy atom. The molecule has 0 atom stereocenters. The summed E-state index contributed by atoms with van der Waals surface area (Å²) in [5.74, 6) is 0.452. The molecule has 1 aromatic carbocycles. The molecule has 1 aliphatic rings. The second kappa shape index (κ2) is 7.67. The zero-order valence-corrected chi connectivity index (χ0v) is 15.0. The second-order valence-electron chi connectivity index (χ2n) is 6.41. The van der Waals surface area contributed by atoms with Crippen LogP contribution in [-0.2, 0) is 13.6 Å². The first-order valence-electron chi connectivity index (χ1n) is 8.44. The van der Waals surface area contributed by atoms with Gasteiger partial charge in [-0.2, -0.15) is 5.10 Å². The summed E-state index contributed by atoms with van der Waals surface area (Å²) in [6.45, 7) is 5.14. The van der Waals surface area contributed by atoms with Gasteiger partial charge in [0.15, 0.2) is 0 Å². The Morgan fingerprint density at radius 2 is 1.96 bits per heavy atom. The molecular weight excluding hydrogens is 318 g/mol. The molecule has 1 aromatic heterocycles. The number of methoxy groups -OCH3 is 1. The number of aryl methyl sites for hydroxylation is 1. The van der Waals surface area contributed by atoms with E-state index in [9.17, 15) is 4.79 Å². The van der Waals surface area contributed by atoms with E-state index in [4.69, 9.17) is 4.74 Å². The number of piperazine rings is 1. The number of nitrogens with one attached hydrogen (secondary N) is 1. The molecule has 0 saturated carbocycles. The van der Waals surface area contributed by atoms with Gasteiger partial charge in [0, 0.05) is 46.0 Å². The van der Waals surface area contributed by atoms with Crippen molar-refractivity contribution in [2.24, 2.45) is 7.05 Å². The first kappa shape index (κ1) is 17.4. The van der Waals surface area contributed by atoms with Gasteiger partial charge in [0.25, 0.3) is 5.91 Å². The lowest BCUT2D eigenvalue weighted by Crippen LogP contribution is -2.43. The number of carbonyl (C=O) groups excluding carboxylic acids is 1. The standard InChI is InChI=1S/C18H25N5O2/c1-21-8-10-23(11-9-21)13-14-4-5-17(25-3)15(12-14)20-18(24)16-6-7-19-22(16)2/h4-7,12H,8-11,13H2,1-3H3,(H,20,24). The number of anilines is 1. The van der Waals surface area contributed by atoms with Gasteiger partial charge in [0.1, 0.15) is 11.4 Å². The molecule has 1 N–H and O–H groups in total. The zero-order chi connectivity index (χ0) is 17.8. The fourth-order valence-electron chi connectivity index (χ4n) is 3.00. The number of nitrogens with zero attached hydrogens (tertiary/aromatic N) is 4. The molecule has 1 fully saturated rings. The molecule has 0 spiro atoms. The van der Waals surface area contributed by atoms with Crippen molar-refractivity contribution in [2.45, 2.75) is 6.54 Å². The number of amides is 1. The third kappa shape index (κ3) is 4.18. The lowest BCUT2D eigenvalue weighted by Gasteiger charge is -2.32. The van der Waals surface area contributed by atoms with Crippen molar-refractivity contribution in [3.05, 3.63) is 41.7 Å². The molecule has 1 aliphatic heterocycles. The van der Waals surface area contributed by atoms with Crippen LogP contribution in [0.3, 0.4) is 0 Å². The van der Waals surface area contributed by atoms with Crippen molar-refractivity contribution in [1.29, 1.82) is 0 Å². The smallest absolute Gasteiger partial charge is 0.274 e. The van der Waals surface area contributed by atoms with Crippen molar-refractivity contribution in [3.63, 3.8) is 0 Å². The molecule has 7 heteroatoms. The van der Waals surface area contributed by atoms with E-state index in [-0.39, 0.29) is 5.91 Å². The maximum Gasteiger partial charge on any atom is 0.274 e. The molecule has 0 bridgehead atoms. The van der Waals surface area contributed by atoms with Crippen LogP contribution in [0.2, 0.25) is 0 Å². The number of likely N-dealkylation sites (N-methyl/N-ethyl adjacent to an activating group) is 1. The topological polar surface area (TPSA) is 62.6 Å². The number of benzene rings is 1. The van der Waals surface area contributed by atoms with Crippen LogP contribution >= 0.6 is 0 Å². The van der Waals surface area contributed by atoms with Crippen molar-refractivity contribution >= 4 is 11.6 Å². The van der Waals surface area contributed by atoms with E-state index in [1.165, 1.54) is 0 Å². The van der Waals surface area contributed by atoms with Crippen molar-refractivity contribution < 1.29 is 9.53 Å². The minimum atomic E-state index is -0.199. The van der Waals surface area contributed by atoms with Crippen molar-refractivity contribution in [2.75, 3.05) is 45.7 Å². The minimum Gasteiger partial charge on any atom is -0.495 e. The van der Waals surface area contributed by atoms with Gasteiger partial charge in [-0.05, 0) is 30.8 Å². The van der Waals surface area contributed by atoms with Crippen LogP contribution < -0.4 is 10.1 Å². The molecule has 3 rings (SSSR count). The van der Waals surface area contributed by atoms with Crippen LogP contribution in [0.1, 0.15) is 16.1 Å². The molecule has 0 unspecified atom stereocenters. The van der Waals surface area contributed by atoms with Gasteiger partial charge in [-0.3, -0.25) is 14.4 Å². The third-order valence-corrected chi connectivity index (χ3v) is 4.57. The maximum atomic E-state index is 12.5. The molecule has 134 valence electrons. The number of hydrogen-bond donors (Lipinski definition) is 1. The van der Waals surface area contributed by atoms with Crippen LogP contribution in [0.4, 0.5) is 5.69 Å². The van der Waals surface area contributed by atoms with Gasteiger partial charge in [0.2, 0.25) is 0 Å². The van der Waals surface area contributed by atoms with Gasteiger partial charge in [-0.25, -0.2) is 0 Å². The van der Waals surface area contributed by atoms with E-state index >= 15 is 0 Å². The third-order valence-electron chi connectivity index (χ3n) is 4.57. The highest BCUT2D eigenvalue weighted by atomic mass is 16.5. The summed E-state index contributed by atoms with van der Waals surface area (Å²) < 4.78 is 6.95. The average molecular weight is 343 g/mol. The average Bonchev–Trinajstić information content (AvgIpc) is 3.03. The van der Waals surface area contributed by atoms with Crippen LogP contribution in [0, 0.1) is 0 Å². The summed E-state index contributed by atoms with van der Waals surface area (Å²) in [4.78, 5) is 17.2. The number of ether oxygens (including phenoxy) is 1. The van der Waals surface area contributed by atoms with Crippen LogP contribution in [0.5, 0.6) is 5.75 Å². The highest BCUT2D eigenvalue weighted by Crippen LogP contribution is 2.27. The number of rotatable bonds is 5. The summed E-state index contributed by atoms with van der Waals surface area (Å²) in [5.41, 5.74) is 2.34. The van der Waals surface area contributed by atoms with Crippen LogP contribution in [0.25, 0.3) is 0 Å². The first-order chi connectivity index (χ1) is 12.1. The quantitative estimate of drug-likeness (QED) is 0.890.